The summed E-state index contributed by atoms with van der Waals surface area (Å²) < 4.78 is 13.8. The molecule has 2 aromatic rings. The molecular formula is C14H14ClFN2. The van der Waals surface area contributed by atoms with E-state index in [2.05, 4.69) is 4.98 Å². The number of rotatable bonds is 3. The highest BCUT2D eigenvalue weighted by molar-refractivity contribution is 6.30. The molecule has 1 atom stereocenters. The number of nitrogens with zero attached hydrogens (tertiary/aromatic N) is 1. The van der Waals surface area contributed by atoms with Crippen molar-refractivity contribution in [2.45, 2.75) is 19.4 Å². The minimum absolute atomic E-state index is 0.127. The summed E-state index contributed by atoms with van der Waals surface area (Å²) in [6.45, 7) is 1.96. The van der Waals surface area contributed by atoms with Crippen molar-refractivity contribution in [3.63, 3.8) is 0 Å². The highest BCUT2D eigenvalue weighted by Crippen LogP contribution is 2.23. The second kappa shape index (κ2) is 5.46. The topological polar surface area (TPSA) is 38.9 Å². The number of halogens is 2. The Kier molecular flexibility index (Phi) is 3.94. The number of aryl methyl sites for hydroxylation is 1. The van der Waals surface area contributed by atoms with Crippen LogP contribution in [0.25, 0.3) is 0 Å². The van der Waals surface area contributed by atoms with E-state index < -0.39 is 5.82 Å². The predicted molar refractivity (Wildman–Crippen MR) is 71.0 cm³/mol. The van der Waals surface area contributed by atoms with Crippen molar-refractivity contribution in [2.75, 3.05) is 0 Å². The Morgan fingerprint density at radius 2 is 2.17 bits per heavy atom. The molecule has 2 nitrogen and oxygen atoms in total. The van der Waals surface area contributed by atoms with Crippen LogP contribution in [0, 0.1) is 12.7 Å². The molecular weight excluding hydrogens is 251 g/mol. The molecule has 0 aliphatic rings. The number of aromatic nitrogens is 1. The Balaban J connectivity index is 2.24. The molecule has 1 aromatic carbocycles. The third-order valence-electron chi connectivity index (χ3n) is 2.95. The molecule has 1 unspecified atom stereocenters. The van der Waals surface area contributed by atoms with Crippen molar-refractivity contribution in [3.05, 3.63) is 64.2 Å². The highest BCUT2D eigenvalue weighted by atomic mass is 35.5. The van der Waals surface area contributed by atoms with E-state index in [-0.39, 0.29) is 11.1 Å². The molecule has 2 rings (SSSR count). The van der Waals surface area contributed by atoms with E-state index in [1.54, 1.807) is 24.5 Å². The first-order valence-corrected chi connectivity index (χ1v) is 6.06. The first-order valence-electron chi connectivity index (χ1n) is 5.68. The first-order chi connectivity index (χ1) is 8.59. The van der Waals surface area contributed by atoms with Crippen LogP contribution in [0.5, 0.6) is 0 Å². The molecule has 18 heavy (non-hydrogen) atoms. The van der Waals surface area contributed by atoms with Crippen LogP contribution < -0.4 is 5.73 Å². The van der Waals surface area contributed by atoms with Gasteiger partial charge in [-0.05, 0) is 42.2 Å². The van der Waals surface area contributed by atoms with Crippen LogP contribution in [0.4, 0.5) is 4.39 Å². The summed E-state index contributed by atoms with van der Waals surface area (Å²) in [7, 11) is 0. The minimum Gasteiger partial charge on any atom is -0.324 e. The van der Waals surface area contributed by atoms with E-state index in [4.69, 9.17) is 17.3 Å². The summed E-state index contributed by atoms with van der Waals surface area (Å²) in [5.74, 6) is -0.392. The van der Waals surface area contributed by atoms with E-state index in [0.29, 0.717) is 12.0 Å². The van der Waals surface area contributed by atoms with Gasteiger partial charge < -0.3 is 5.73 Å². The maximum absolute atomic E-state index is 13.8. The molecule has 0 aliphatic heterocycles. The van der Waals surface area contributed by atoms with E-state index in [9.17, 15) is 4.39 Å². The number of hydrogen-bond donors (Lipinski definition) is 1. The fourth-order valence-corrected chi connectivity index (χ4v) is 2.11. The third-order valence-corrected chi connectivity index (χ3v) is 3.24. The SMILES string of the molecule is Cc1ccncc1C(N)Cc1cccc(Cl)c1F. The van der Waals surface area contributed by atoms with Gasteiger partial charge in [-0.3, -0.25) is 4.98 Å². The predicted octanol–water partition coefficient (Wildman–Crippen LogP) is 3.43. The molecule has 2 N–H and O–H groups in total. The molecule has 0 aliphatic carbocycles. The average molecular weight is 265 g/mol. The minimum atomic E-state index is -0.392. The average Bonchev–Trinajstić information content (AvgIpc) is 2.35. The van der Waals surface area contributed by atoms with Gasteiger partial charge in [0.25, 0.3) is 0 Å². The lowest BCUT2D eigenvalue weighted by atomic mass is 9.97. The largest absolute Gasteiger partial charge is 0.324 e. The molecule has 0 fully saturated rings. The molecule has 1 aromatic heterocycles. The Hall–Kier alpha value is -1.45. The standard InChI is InChI=1S/C14H14ClFN2/c1-9-5-6-18-8-11(9)13(17)7-10-3-2-4-12(15)14(10)16/h2-6,8,13H,7,17H2,1H3. The molecule has 94 valence electrons. The molecule has 0 bridgehead atoms. The summed E-state index contributed by atoms with van der Waals surface area (Å²) in [4.78, 5) is 4.05. The molecule has 4 heteroatoms. The van der Waals surface area contributed by atoms with Crippen molar-refractivity contribution in [2.24, 2.45) is 5.73 Å². The van der Waals surface area contributed by atoms with Gasteiger partial charge in [-0.15, -0.1) is 0 Å². The Morgan fingerprint density at radius 1 is 1.39 bits per heavy atom. The van der Waals surface area contributed by atoms with Gasteiger partial charge in [-0.25, -0.2) is 4.39 Å². The summed E-state index contributed by atoms with van der Waals surface area (Å²) >= 11 is 5.75. The van der Waals surface area contributed by atoms with Crippen LogP contribution in [0.3, 0.4) is 0 Å². The van der Waals surface area contributed by atoms with Crippen molar-refractivity contribution >= 4 is 11.6 Å². The Bertz CT molecular complexity index is 557. The molecule has 0 saturated heterocycles. The van der Waals surface area contributed by atoms with Gasteiger partial charge in [0.2, 0.25) is 0 Å². The quantitative estimate of drug-likeness (QED) is 0.923. The van der Waals surface area contributed by atoms with Gasteiger partial charge in [-0.2, -0.15) is 0 Å². The summed E-state index contributed by atoms with van der Waals surface area (Å²) in [5.41, 5.74) is 8.61. The van der Waals surface area contributed by atoms with Gasteiger partial charge in [0.1, 0.15) is 5.82 Å². The molecule has 0 spiro atoms. The fourth-order valence-electron chi connectivity index (χ4n) is 1.92. The molecule has 0 saturated carbocycles. The first kappa shape index (κ1) is 13.0. The molecule has 1 heterocycles. The second-order valence-electron chi connectivity index (χ2n) is 4.26. The summed E-state index contributed by atoms with van der Waals surface area (Å²) in [5, 5.41) is 0.127. The molecule has 0 amide bonds. The van der Waals surface area contributed by atoms with Crippen LogP contribution in [-0.4, -0.2) is 4.98 Å². The number of hydrogen-bond acceptors (Lipinski definition) is 2. The number of nitrogens with two attached hydrogens (primary N) is 1. The Labute approximate surface area is 111 Å². The lowest BCUT2D eigenvalue weighted by Crippen LogP contribution is -2.15. The van der Waals surface area contributed by atoms with Crippen LogP contribution in [0.2, 0.25) is 5.02 Å². The van der Waals surface area contributed by atoms with Gasteiger partial charge in [-0.1, -0.05) is 23.7 Å². The lowest BCUT2D eigenvalue weighted by Gasteiger charge is -2.14. The zero-order valence-corrected chi connectivity index (χ0v) is 10.8. The van der Waals surface area contributed by atoms with Crippen molar-refractivity contribution < 1.29 is 4.39 Å². The van der Waals surface area contributed by atoms with Crippen LogP contribution in [0.15, 0.2) is 36.7 Å². The maximum atomic E-state index is 13.8. The smallest absolute Gasteiger partial charge is 0.145 e. The van der Waals surface area contributed by atoms with Gasteiger partial charge >= 0.3 is 0 Å². The normalized spacial score (nSPS) is 12.4. The van der Waals surface area contributed by atoms with Crippen molar-refractivity contribution in [3.8, 4) is 0 Å². The van der Waals surface area contributed by atoms with Gasteiger partial charge in [0.15, 0.2) is 0 Å². The fraction of sp³-hybridized carbons (Fsp3) is 0.214. The third kappa shape index (κ3) is 2.68. The summed E-state index contributed by atoms with van der Waals surface area (Å²) in [6, 6.07) is 6.56. The molecule has 0 radical (unpaired) electrons. The second-order valence-corrected chi connectivity index (χ2v) is 4.66. The van der Waals surface area contributed by atoms with Crippen molar-refractivity contribution in [1.29, 1.82) is 0 Å². The monoisotopic (exact) mass is 264 g/mol. The Morgan fingerprint density at radius 3 is 2.89 bits per heavy atom. The highest BCUT2D eigenvalue weighted by Gasteiger charge is 2.13. The zero-order valence-electron chi connectivity index (χ0n) is 10.0. The van der Waals surface area contributed by atoms with E-state index in [0.717, 1.165) is 11.1 Å². The number of benzene rings is 1. The van der Waals surface area contributed by atoms with E-state index in [1.807, 2.05) is 13.0 Å². The van der Waals surface area contributed by atoms with Crippen LogP contribution in [-0.2, 0) is 6.42 Å². The van der Waals surface area contributed by atoms with E-state index >= 15 is 0 Å². The van der Waals surface area contributed by atoms with E-state index in [1.165, 1.54) is 6.07 Å². The maximum Gasteiger partial charge on any atom is 0.145 e. The lowest BCUT2D eigenvalue weighted by molar-refractivity contribution is 0.592. The van der Waals surface area contributed by atoms with Crippen LogP contribution >= 0.6 is 11.6 Å². The zero-order chi connectivity index (χ0) is 13.1. The summed E-state index contributed by atoms with van der Waals surface area (Å²) in [6.07, 6.45) is 3.84. The van der Waals surface area contributed by atoms with Crippen LogP contribution in [0.1, 0.15) is 22.7 Å². The van der Waals surface area contributed by atoms with Crippen molar-refractivity contribution in [1.82, 2.24) is 4.98 Å². The number of pyridine rings is 1. The van der Waals surface area contributed by atoms with Gasteiger partial charge in [0, 0.05) is 18.4 Å². The van der Waals surface area contributed by atoms with Gasteiger partial charge in [0.05, 0.1) is 5.02 Å².